The summed E-state index contributed by atoms with van der Waals surface area (Å²) < 4.78 is 3.88. The molecule has 0 unspecified atom stereocenters. The van der Waals surface area contributed by atoms with E-state index in [2.05, 4.69) is 0 Å². The van der Waals surface area contributed by atoms with E-state index < -0.39 is 0 Å². The van der Waals surface area contributed by atoms with E-state index in [0.717, 1.165) is 0 Å². The van der Waals surface area contributed by atoms with Gasteiger partial charge in [-0.2, -0.15) is 0 Å². The number of alkyl halides is 2. The third kappa shape index (κ3) is 2.20. The van der Waals surface area contributed by atoms with Gasteiger partial charge in [-0.1, -0.05) is 0 Å². The van der Waals surface area contributed by atoms with Crippen molar-refractivity contribution < 1.29 is 4.57 Å². The van der Waals surface area contributed by atoms with Gasteiger partial charge >= 0.3 is 0 Å². The number of aromatic nitrogens is 2. The van der Waals surface area contributed by atoms with Crippen LogP contribution in [0.5, 0.6) is 0 Å². The lowest BCUT2D eigenvalue weighted by Crippen LogP contribution is -2.24. The molecule has 0 radical (unpaired) electrons. The number of imidazole rings is 1. The third-order valence-corrected chi connectivity index (χ3v) is 1.45. The van der Waals surface area contributed by atoms with Crippen LogP contribution in [0.15, 0.2) is 18.7 Å². The van der Waals surface area contributed by atoms with Crippen molar-refractivity contribution in [2.24, 2.45) is 7.05 Å². The zero-order chi connectivity index (χ0) is 7.56. The van der Waals surface area contributed by atoms with Crippen LogP contribution in [0.25, 0.3) is 0 Å². The van der Waals surface area contributed by atoms with E-state index in [1.54, 1.807) is 0 Å². The molecule has 56 valence electrons. The minimum Gasteiger partial charge on any atom is -0.240 e. The molecule has 0 aliphatic carbocycles. The van der Waals surface area contributed by atoms with Crippen LogP contribution >= 0.6 is 23.2 Å². The molecule has 1 heterocycles. The van der Waals surface area contributed by atoms with E-state index in [-0.39, 0.29) is 4.84 Å². The summed E-state index contributed by atoms with van der Waals surface area (Å²) in [6, 6.07) is 0. The van der Waals surface area contributed by atoms with Crippen molar-refractivity contribution in [1.29, 1.82) is 0 Å². The number of hydrogen-bond donors (Lipinski definition) is 0. The van der Waals surface area contributed by atoms with E-state index in [1.165, 1.54) is 0 Å². The Labute approximate surface area is 70.0 Å². The summed E-state index contributed by atoms with van der Waals surface area (Å²) in [5.74, 6) is 0. The molecule has 0 N–H and O–H groups in total. The molecule has 1 aromatic heterocycles. The standard InChI is InChI=1S/C6H9Cl2N2/c1-9-2-3-10(5-9)4-6(7)8/h2-3,5-6H,4H2,1H3/q+1. The quantitative estimate of drug-likeness (QED) is 0.476. The molecule has 2 nitrogen and oxygen atoms in total. The van der Waals surface area contributed by atoms with E-state index in [0.29, 0.717) is 6.54 Å². The molecule has 0 aliphatic heterocycles. The molecule has 10 heavy (non-hydrogen) atoms. The largest absolute Gasteiger partial charge is 0.243 e. The van der Waals surface area contributed by atoms with Crippen LogP contribution in [-0.2, 0) is 13.6 Å². The smallest absolute Gasteiger partial charge is 0.240 e. The number of nitrogens with zero attached hydrogens (tertiary/aromatic N) is 2. The van der Waals surface area contributed by atoms with Crippen LogP contribution in [0.2, 0.25) is 0 Å². The molecule has 0 saturated carbocycles. The first-order chi connectivity index (χ1) is 4.68. The number of halogens is 2. The van der Waals surface area contributed by atoms with Gasteiger partial charge in [0.05, 0.1) is 7.05 Å². The lowest BCUT2D eigenvalue weighted by Gasteiger charge is -1.93. The minimum atomic E-state index is -0.326. The molecule has 0 spiro atoms. The Morgan fingerprint density at radius 2 is 2.30 bits per heavy atom. The van der Waals surface area contributed by atoms with Crippen LogP contribution in [0.1, 0.15) is 0 Å². The monoisotopic (exact) mass is 179 g/mol. The van der Waals surface area contributed by atoms with Gasteiger partial charge in [0.2, 0.25) is 6.33 Å². The first-order valence-corrected chi connectivity index (χ1v) is 3.85. The Morgan fingerprint density at radius 3 is 2.70 bits per heavy atom. The van der Waals surface area contributed by atoms with Gasteiger partial charge in [-0.3, -0.25) is 0 Å². The Kier molecular flexibility index (Phi) is 2.57. The fourth-order valence-electron chi connectivity index (χ4n) is 0.769. The normalized spacial score (nSPS) is 10.8. The van der Waals surface area contributed by atoms with Crippen LogP contribution < -0.4 is 4.57 Å². The van der Waals surface area contributed by atoms with Gasteiger partial charge in [-0.25, -0.2) is 9.13 Å². The number of aryl methyl sites for hydroxylation is 1. The second kappa shape index (κ2) is 3.26. The number of rotatable bonds is 2. The fourth-order valence-corrected chi connectivity index (χ4v) is 1.09. The molecule has 0 bridgehead atoms. The maximum absolute atomic E-state index is 5.56. The average molecular weight is 180 g/mol. The van der Waals surface area contributed by atoms with Crippen molar-refractivity contribution in [2.45, 2.75) is 11.4 Å². The summed E-state index contributed by atoms with van der Waals surface area (Å²) >= 11 is 11.1. The van der Waals surface area contributed by atoms with Crippen molar-refractivity contribution >= 4 is 23.2 Å². The Bertz CT molecular complexity index is 207. The SMILES string of the molecule is C[n+]1ccn(CC(Cl)Cl)c1. The molecule has 0 aliphatic rings. The topological polar surface area (TPSA) is 8.81 Å². The summed E-state index contributed by atoms with van der Waals surface area (Å²) in [7, 11) is 1.95. The van der Waals surface area contributed by atoms with Crippen molar-refractivity contribution in [1.82, 2.24) is 4.57 Å². The summed E-state index contributed by atoms with van der Waals surface area (Å²) in [6.07, 6.45) is 5.80. The van der Waals surface area contributed by atoms with Crippen LogP contribution in [0, 0.1) is 0 Å². The van der Waals surface area contributed by atoms with Gasteiger partial charge in [0.1, 0.15) is 23.8 Å². The van der Waals surface area contributed by atoms with Gasteiger partial charge in [0, 0.05) is 0 Å². The van der Waals surface area contributed by atoms with Gasteiger partial charge in [0.15, 0.2) is 0 Å². The van der Waals surface area contributed by atoms with Crippen molar-refractivity contribution in [3.8, 4) is 0 Å². The van der Waals surface area contributed by atoms with Crippen LogP contribution in [0.3, 0.4) is 0 Å². The first kappa shape index (κ1) is 7.89. The molecule has 0 amide bonds. The predicted molar refractivity (Wildman–Crippen MR) is 41.1 cm³/mol. The first-order valence-electron chi connectivity index (χ1n) is 2.97. The Hall–Kier alpha value is -0.210. The van der Waals surface area contributed by atoms with Crippen LogP contribution in [-0.4, -0.2) is 9.40 Å². The highest BCUT2D eigenvalue weighted by molar-refractivity contribution is 6.44. The molecule has 0 fully saturated rings. The minimum absolute atomic E-state index is 0.326. The maximum atomic E-state index is 5.56. The molecule has 1 aromatic rings. The lowest BCUT2D eigenvalue weighted by atomic mass is 10.7. The van der Waals surface area contributed by atoms with Crippen molar-refractivity contribution in [3.05, 3.63) is 18.7 Å². The molecule has 1 rings (SSSR count). The summed E-state index contributed by atoms with van der Waals surface area (Å²) in [5, 5.41) is 0. The van der Waals surface area contributed by atoms with Gasteiger partial charge in [-0.15, -0.1) is 23.2 Å². The van der Waals surface area contributed by atoms with Crippen molar-refractivity contribution in [2.75, 3.05) is 0 Å². The molecule has 0 aromatic carbocycles. The highest BCUT2D eigenvalue weighted by Crippen LogP contribution is 2.03. The number of hydrogen-bond acceptors (Lipinski definition) is 0. The Balaban J connectivity index is 2.58. The maximum Gasteiger partial charge on any atom is 0.243 e. The zero-order valence-electron chi connectivity index (χ0n) is 5.67. The molecule has 0 atom stereocenters. The lowest BCUT2D eigenvalue weighted by molar-refractivity contribution is -0.671. The Morgan fingerprint density at radius 1 is 1.60 bits per heavy atom. The zero-order valence-corrected chi connectivity index (χ0v) is 7.18. The highest BCUT2D eigenvalue weighted by Gasteiger charge is 2.04. The molecular weight excluding hydrogens is 171 g/mol. The van der Waals surface area contributed by atoms with Gasteiger partial charge in [0.25, 0.3) is 0 Å². The summed E-state index contributed by atoms with van der Waals surface area (Å²) in [4.78, 5) is -0.326. The third-order valence-electron chi connectivity index (χ3n) is 1.17. The molecule has 0 saturated heterocycles. The summed E-state index contributed by atoms with van der Waals surface area (Å²) in [6.45, 7) is 0.643. The van der Waals surface area contributed by atoms with Gasteiger partial charge < -0.3 is 0 Å². The van der Waals surface area contributed by atoms with E-state index >= 15 is 0 Å². The van der Waals surface area contributed by atoms with E-state index in [1.807, 2.05) is 34.9 Å². The molecular formula is C6H9Cl2N2+. The second-order valence-corrected chi connectivity index (χ2v) is 3.44. The van der Waals surface area contributed by atoms with Crippen LogP contribution in [0.4, 0.5) is 0 Å². The average Bonchev–Trinajstić information content (AvgIpc) is 2.13. The fraction of sp³-hybridized carbons (Fsp3) is 0.500. The molecule has 4 heteroatoms. The predicted octanol–water partition coefficient (Wildman–Crippen LogP) is 1.12. The summed E-state index contributed by atoms with van der Waals surface area (Å²) in [5.41, 5.74) is 0. The highest BCUT2D eigenvalue weighted by atomic mass is 35.5. The van der Waals surface area contributed by atoms with Gasteiger partial charge in [-0.05, 0) is 0 Å². The van der Waals surface area contributed by atoms with E-state index in [9.17, 15) is 0 Å². The van der Waals surface area contributed by atoms with E-state index in [4.69, 9.17) is 23.2 Å². The van der Waals surface area contributed by atoms with Crippen molar-refractivity contribution in [3.63, 3.8) is 0 Å². The second-order valence-electron chi connectivity index (χ2n) is 2.17.